The summed E-state index contributed by atoms with van der Waals surface area (Å²) in [6, 6.07) is 13.3. The summed E-state index contributed by atoms with van der Waals surface area (Å²) in [7, 11) is 1.61. The van der Waals surface area contributed by atoms with Gasteiger partial charge in [-0.1, -0.05) is 12.1 Å². The zero-order valence-electron chi connectivity index (χ0n) is 16.5. The second-order valence-corrected chi connectivity index (χ2v) is 7.27. The molecule has 29 heavy (non-hydrogen) atoms. The van der Waals surface area contributed by atoms with Crippen LogP contribution in [0.3, 0.4) is 0 Å². The van der Waals surface area contributed by atoms with E-state index in [1.54, 1.807) is 19.2 Å². The van der Waals surface area contributed by atoms with Crippen molar-refractivity contribution in [3.63, 3.8) is 0 Å². The van der Waals surface area contributed by atoms with Crippen LogP contribution in [0, 0.1) is 11.7 Å². The van der Waals surface area contributed by atoms with Crippen LogP contribution < -0.4 is 9.47 Å². The fraction of sp³-hybridized carbons (Fsp3) is 0.455. The Morgan fingerprint density at radius 3 is 2.17 bits per heavy atom. The lowest BCUT2D eigenvalue weighted by atomic mass is 9.87. The van der Waals surface area contributed by atoms with Gasteiger partial charge in [-0.25, -0.2) is 4.39 Å². The minimum absolute atomic E-state index is 0. The zero-order valence-corrected chi connectivity index (χ0v) is 17.4. The number of nitrogens with zero attached hydrogens (tertiary/aromatic N) is 1. The molecule has 0 bridgehead atoms. The number of halogens is 2. The molecule has 3 rings (SSSR count). The highest BCUT2D eigenvalue weighted by atomic mass is 35.5. The van der Waals surface area contributed by atoms with Crippen LogP contribution in [0.2, 0.25) is 0 Å². The predicted molar refractivity (Wildman–Crippen MR) is 112 cm³/mol. The van der Waals surface area contributed by atoms with Crippen LogP contribution >= 0.6 is 12.4 Å². The van der Waals surface area contributed by atoms with Crippen LogP contribution in [-0.4, -0.2) is 54.6 Å². The average Bonchev–Trinajstić information content (AvgIpc) is 2.73. The molecule has 2 aromatic rings. The molecule has 0 aromatic heterocycles. The number of likely N-dealkylation sites (tertiary alicyclic amines) is 1. The number of ether oxygens (including phenoxy) is 2. The highest BCUT2D eigenvalue weighted by Gasteiger charge is 2.27. The monoisotopic (exact) mass is 425 g/mol. The second-order valence-electron chi connectivity index (χ2n) is 7.27. The van der Waals surface area contributed by atoms with Crippen molar-refractivity contribution in [3.05, 3.63) is 59.9 Å². The largest absolute Gasteiger partial charge is 0.497 e. The van der Waals surface area contributed by atoms with Gasteiger partial charge in [0, 0.05) is 6.54 Å². The van der Waals surface area contributed by atoms with Crippen LogP contribution in [0.1, 0.15) is 24.5 Å². The van der Waals surface area contributed by atoms with E-state index in [1.165, 1.54) is 12.1 Å². The summed E-state index contributed by atoms with van der Waals surface area (Å²) in [6.07, 6.45) is 0.515. The molecule has 0 saturated carbocycles. The molecular formula is C22H29ClFNO4. The summed E-state index contributed by atoms with van der Waals surface area (Å²) in [6.45, 7) is 2.38. The van der Waals surface area contributed by atoms with E-state index in [9.17, 15) is 14.6 Å². The Kier molecular flexibility index (Phi) is 9.17. The van der Waals surface area contributed by atoms with Gasteiger partial charge in [0.25, 0.3) is 0 Å². The van der Waals surface area contributed by atoms with Crippen LogP contribution in [0.15, 0.2) is 48.5 Å². The Morgan fingerprint density at radius 1 is 1.00 bits per heavy atom. The summed E-state index contributed by atoms with van der Waals surface area (Å²) in [4.78, 5) is 2.19. The molecule has 0 spiro atoms. The zero-order chi connectivity index (χ0) is 19.9. The van der Waals surface area contributed by atoms with Crippen molar-refractivity contribution in [2.75, 3.05) is 33.4 Å². The van der Waals surface area contributed by atoms with Gasteiger partial charge >= 0.3 is 0 Å². The van der Waals surface area contributed by atoms with Crippen molar-refractivity contribution in [2.24, 2.45) is 5.92 Å². The third-order valence-electron chi connectivity index (χ3n) is 5.26. The van der Waals surface area contributed by atoms with E-state index in [0.29, 0.717) is 12.3 Å². The number of piperidine rings is 1. The molecule has 2 unspecified atom stereocenters. The molecular weight excluding hydrogens is 397 g/mol. The van der Waals surface area contributed by atoms with Gasteiger partial charge in [-0.3, -0.25) is 0 Å². The van der Waals surface area contributed by atoms with E-state index in [-0.39, 0.29) is 30.7 Å². The molecule has 0 amide bonds. The number of β-amino-alcohol motifs (C(OH)–C–C–N with tert-alkyl or cyclic N) is 1. The first kappa shape index (κ1) is 23.4. The number of hydrogen-bond donors (Lipinski definition) is 2. The maximum Gasteiger partial charge on any atom is 0.123 e. The van der Waals surface area contributed by atoms with E-state index < -0.39 is 12.2 Å². The first-order valence-corrected chi connectivity index (χ1v) is 9.66. The fourth-order valence-corrected chi connectivity index (χ4v) is 3.60. The number of rotatable bonds is 8. The Hall–Kier alpha value is -1.86. The minimum Gasteiger partial charge on any atom is -0.497 e. The first-order chi connectivity index (χ1) is 13.5. The first-order valence-electron chi connectivity index (χ1n) is 9.66. The van der Waals surface area contributed by atoms with Crippen molar-refractivity contribution in [1.29, 1.82) is 0 Å². The predicted octanol–water partition coefficient (Wildman–Crippen LogP) is 3.44. The highest BCUT2D eigenvalue weighted by Crippen LogP contribution is 2.30. The molecule has 0 radical (unpaired) electrons. The molecule has 1 saturated heterocycles. The van der Waals surface area contributed by atoms with E-state index in [0.717, 1.165) is 37.2 Å². The summed E-state index contributed by atoms with van der Waals surface area (Å²) < 4.78 is 23.8. The molecule has 1 fully saturated rings. The number of aliphatic hydroxyl groups excluding tert-OH is 2. The third-order valence-corrected chi connectivity index (χ3v) is 5.26. The van der Waals surface area contributed by atoms with Gasteiger partial charge < -0.3 is 24.6 Å². The lowest BCUT2D eigenvalue weighted by molar-refractivity contribution is 0.0278. The molecule has 5 nitrogen and oxygen atoms in total. The van der Waals surface area contributed by atoms with Crippen LogP contribution in [0.25, 0.3) is 0 Å². The highest BCUT2D eigenvalue weighted by molar-refractivity contribution is 5.85. The summed E-state index contributed by atoms with van der Waals surface area (Å²) >= 11 is 0. The maximum absolute atomic E-state index is 13.0. The second kappa shape index (κ2) is 11.4. The van der Waals surface area contributed by atoms with Crippen LogP contribution in [0.4, 0.5) is 4.39 Å². The molecule has 2 aromatic carbocycles. The van der Waals surface area contributed by atoms with Crippen LogP contribution in [0.5, 0.6) is 11.5 Å². The molecule has 1 heterocycles. The lowest BCUT2D eigenvalue weighted by Gasteiger charge is -2.35. The van der Waals surface area contributed by atoms with E-state index in [1.807, 2.05) is 24.3 Å². The van der Waals surface area contributed by atoms with Gasteiger partial charge in [0.2, 0.25) is 0 Å². The van der Waals surface area contributed by atoms with E-state index in [2.05, 4.69) is 4.90 Å². The smallest absolute Gasteiger partial charge is 0.123 e. The summed E-state index contributed by atoms with van der Waals surface area (Å²) in [5.41, 5.74) is 0.757. The van der Waals surface area contributed by atoms with Crippen molar-refractivity contribution in [2.45, 2.75) is 25.0 Å². The maximum atomic E-state index is 13.0. The molecule has 0 aliphatic carbocycles. The van der Waals surface area contributed by atoms with E-state index in [4.69, 9.17) is 9.47 Å². The van der Waals surface area contributed by atoms with E-state index >= 15 is 0 Å². The summed E-state index contributed by atoms with van der Waals surface area (Å²) in [5.74, 6) is 1.31. The van der Waals surface area contributed by atoms with Crippen molar-refractivity contribution < 1.29 is 24.1 Å². The molecule has 7 heteroatoms. The Balaban J connectivity index is 0.00000300. The molecule has 2 N–H and O–H groups in total. The topological polar surface area (TPSA) is 62.2 Å². The SMILES string of the molecule is COc1ccc(OCC(O)CN2CCC(C(O)c3ccc(F)cc3)CC2)cc1.Cl. The number of benzene rings is 2. The van der Waals surface area contributed by atoms with Gasteiger partial charge in [-0.15, -0.1) is 12.4 Å². The Morgan fingerprint density at radius 2 is 1.59 bits per heavy atom. The third kappa shape index (κ3) is 6.85. The molecule has 160 valence electrons. The van der Waals surface area contributed by atoms with Gasteiger partial charge in [0.05, 0.1) is 13.2 Å². The van der Waals surface area contributed by atoms with Crippen molar-refractivity contribution in [1.82, 2.24) is 4.90 Å². The van der Waals surface area contributed by atoms with Gasteiger partial charge in [-0.05, 0) is 73.8 Å². The Labute approximate surface area is 177 Å². The van der Waals surface area contributed by atoms with Gasteiger partial charge in [0.15, 0.2) is 0 Å². The molecule has 1 aliphatic heterocycles. The fourth-order valence-electron chi connectivity index (χ4n) is 3.60. The average molecular weight is 426 g/mol. The standard InChI is InChI=1S/C22H28FNO4.ClH/c1-27-20-6-8-21(9-7-20)28-15-19(25)14-24-12-10-17(11-13-24)22(26)16-2-4-18(23)5-3-16;/h2-9,17,19,22,25-26H,10-15H2,1H3;1H. The minimum atomic E-state index is -0.583. The molecule has 1 aliphatic rings. The Bertz CT molecular complexity index is 721. The summed E-state index contributed by atoms with van der Waals surface area (Å²) in [5, 5.41) is 20.8. The quantitative estimate of drug-likeness (QED) is 0.678. The normalized spacial score (nSPS) is 17.2. The van der Waals surface area contributed by atoms with Crippen molar-refractivity contribution >= 4 is 12.4 Å². The van der Waals surface area contributed by atoms with Crippen LogP contribution in [-0.2, 0) is 0 Å². The number of hydrogen-bond acceptors (Lipinski definition) is 5. The number of methoxy groups -OCH3 is 1. The molecule has 2 atom stereocenters. The van der Waals surface area contributed by atoms with Gasteiger partial charge in [0.1, 0.15) is 30.0 Å². The number of aliphatic hydroxyl groups is 2. The van der Waals surface area contributed by atoms with Gasteiger partial charge in [-0.2, -0.15) is 0 Å². The van der Waals surface area contributed by atoms with Crippen molar-refractivity contribution in [3.8, 4) is 11.5 Å². The lowest BCUT2D eigenvalue weighted by Crippen LogP contribution is -2.41.